The first-order chi connectivity index (χ1) is 9.76. The normalized spacial score (nSPS) is 14.7. The van der Waals surface area contributed by atoms with Crippen LogP contribution in [-0.4, -0.2) is 21.8 Å². The molecule has 1 aliphatic carbocycles. The van der Waals surface area contributed by atoms with Gasteiger partial charge in [0.2, 0.25) is 0 Å². The van der Waals surface area contributed by atoms with E-state index in [0.717, 1.165) is 18.8 Å². The van der Waals surface area contributed by atoms with Crippen LogP contribution >= 0.6 is 22.7 Å². The van der Waals surface area contributed by atoms with E-state index in [1.807, 2.05) is 5.38 Å². The van der Waals surface area contributed by atoms with Crippen molar-refractivity contribution >= 4 is 28.6 Å². The molecule has 0 bridgehead atoms. The Bertz CT molecular complexity index is 577. The highest BCUT2D eigenvalue weighted by molar-refractivity contribution is 7.11. The van der Waals surface area contributed by atoms with Gasteiger partial charge in [-0.1, -0.05) is 6.07 Å². The van der Waals surface area contributed by atoms with E-state index in [9.17, 15) is 4.79 Å². The third kappa shape index (κ3) is 3.24. The summed E-state index contributed by atoms with van der Waals surface area (Å²) >= 11 is 3.12. The highest BCUT2D eigenvalue weighted by atomic mass is 32.1. The van der Waals surface area contributed by atoms with E-state index in [-0.39, 0.29) is 5.91 Å². The van der Waals surface area contributed by atoms with Crippen LogP contribution in [0.2, 0.25) is 0 Å². The van der Waals surface area contributed by atoms with Gasteiger partial charge in [-0.3, -0.25) is 15.1 Å². The van der Waals surface area contributed by atoms with Crippen LogP contribution in [-0.2, 0) is 13.1 Å². The summed E-state index contributed by atoms with van der Waals surface area (Å²) in [7, 11) is 0. The Hall–Kier alpha value is -1.28. The lowest BCUT2D eigenvalue weighted by atomic mass is 10.3. The molecule has 0 radical (unpaired) electrons. The maximum atomic E-state index is 11.4. The molecule has 1 aliphatic rings. The number of carbonyl (C=O) groups excluding carboxylic acids is 1. The molecule has 5 nitrogen and oxygen atoms in total. The number of thiazole rings is 1. The quantitative estimate of drug-likeness (QED) is 0.486. The van der Waals surface area contributed by atoms with Crippen LogP contribution in [0, 0.1) is 0 Å². The fraction of sp³-hybridized carbons (Fsp3) is 0.385. The highest BCUT2D eigenvalue weighted by Gasteiger charge is 2.29. The number of amides is 1. The van der Waals surface area contributed by atoms with Gasteiger partial charge in [-0.25, -0.2) is 10.8 Å². The summed E-state index contributed by atoms with van der Waals surface area (Å²) in [6, 6.07) is 4.90. The van der Waals surface area contributed by atoms with Crippen molar-refractivity contribution in [1.82, 2.24) is 15.3 Å². The molecule has 1 saturated carbocycles. The van der Waals surface area contributed by atoms with Crippen molar-refractivity contribution in [3.05, 3.63) is 38.5 Å². The number of nitrogens with zero attached hydrogens (tertiary/aromatic N) is 2. The van der Waals surface area contributed by atoms with Crippen LogP contribution < -0.4 is 11.3 Å². The number of rotatable bonds is 6. The molecule has 2 aromatic heterocycles. The Balaban J connectivity index is 1.67. The maximum absolute atomic E-state index is 11.4. The molecule has 0 saturated heterocycles. The monoisotopic (exact) mass is 308 g/mol. The SMILES string of the molecule is NNC(=O)c1nc(CN(Cc2cccs2)C2CC2)cs1. The molecule has 0 unspecified atom stereocenters. The van der Waals surface area contributed by atoms with Crippen molar-refractivity contribution < 1.29 is 4.79 Å². The smallest absolute Gasteiger partial charge is 0.289 e. The van der Waals surface area contributed by atoms with Gasteiger partial charge in [-0.05, 0) is 24.3 Å². The second-order valence-electron chi connectivity index (χ2n) is 4.83. The lowest BCUT2D eigenvalue weighted by Gasteiger charge is -2.19. The van der Waals surface area contributed by atoms with Crippen LogP contribution in [0.15, 0.2) is 22.9 Å². The molecule has 0 aromatic carbocycles. The fourth-order valence-corrected chi connectivity index (χ4v) is 3.55. The van der Waals surface area contributed by atoms with Gasteiger partial charge in [0.15, 0.2) is 5.01 Å². The van der Waals surface area contributed by atoms with Crippen LogP contribution in [0.5, 0.6) is 0 Å². The Labute approximate surface area is 125 Å². The molecular formula is C13H16N4OS2. The van der Waals surface area contributed by atoms with E-state index in [1.54, 1.807) is 11.3 Å². The Morgan fingerprint density at radius 1 is 1.45 bits per heavy atom. The summed E-state index contributed by atoms with van der Waals surface area (Å²) in [6.45, 7) is 1.75. The number of nitrogens with one attached hydrogen (secondary N) is 1. The average Bonchev–Trinajstić information content (AvgIpc) is 2.99. The standard InChI is InChI=1S/C13H16N4OS2/c14-16-12(18)13-15-9(8-20-13)6-17(10-3-4-10)7-11-2-1-5-19-11/h1-2,5,8,10H,3-4,6-7,14H2,(H,16,18). The predicted molar refractivity (Wildman–Crippen MR) is 80.4 cm³/mol. The fourth-order valence-electron chi connectivity index (χ4n) is 2.11. The topological polar surface area (TPSA) is 71.2 Å². The Morgan fingerprint density at radius 3 is 2.95 bits per heavy atom. The second kappa shape index (κ2) is 6.01. The third-order valence-electron chi connectivity index (χ3n) is 3.24. The van der Waals surface area contributed by atoms with Gasteiger partial charge in [0.25, 0.3) is 5.91 Å². The van der Waals surface area contributed by atoms with E-state index in [2.05, 4.69) is 32.8 Å². The highest BCUT2D eigenvalue weighted by Crippen LogP contribution is 2.30. The number of thiophene rings is 1. The van der Waals surface area contributed by atoms with Gasteiger partial charge < -0.3 is 0 Å². The molecule has 20 heavy (non-hydrogen) atoms. The summed E-state index contributed by atoms with van der Waals surface area (Å²) in [5.74, 6) is 4.80. The van der Waals surface area contributed by atoms with Crippen molar-refractivity contribution in [2.24, 2.45) is 5.84 Å². The van der Waals surface area contributed by atoms with Gasteiger partial charge in [0, 0.05) is 29.4 Å². The average molecular weight is 308 g/mol. The van der Waals surface area contributed by atoms with E-state index < -0.39 is 0 Å². The van der Waals surface area contributed by atoms with Gasteiger partial charge in [0.1, 0.15) is 0 Å². The second-order valence-corrected chi connectivity index (χ2v) is 6.72. The lowest BCUT2D eigenvalue weighted by Crippen LogP contribution is -2.30. The van der Waals surface area contributed by atoms with Crippen LogP contribution in [0.1, 0.15) is 33.2 Å². The number of hydrazine groups is 1. The minimum Gasteiger partial charge on any atom is -0.289 e. The van der Waals surface area contributed by atoms with Crippen LogP contribution in [0.25, 0.3) is 0 Å². The van der Waals surface area contributed by atoms with Crippen LogP contribution in [0.3, 0.4) is 0 Å². The molecular weight excluding hydrogens is 292 g/mol. The first-order valence-electron chi connectivity index (χ1n) is 6.48. The molecule has 3 N–H and O–H groups in total. The van der Waals surface area contributed by atoms with Crippen LogP contribution in [0.4, 0.5) is 0 Å². The summed E-state index contributed by atoms with van der Waals surface area (Å²) in [5, 5.41) is 4.47. The van der Waals surface area contributed by atoms with Gasteiger partial charge in [0.05, 0.1) is 5.69 Å². The number of aromatic nitrogens is 1. The molecule has 2 aromatic rings. The van der Waals surface area contributed by atoms with Crippen molar-refractivity contribution in [3.63, 3.8) is 0 Å². The number of hydrogen-bond donors (Lipinski definition) is 2. The van der Waals surface area contributed by atoms with E-state index >= 15 is 0 Å². The Kier molecular flexibility index (Phi) is 4.11. The molecule has 1 fully saturated rings. The summed E-state index contributed by atoms with van der Waals surface area (Å²) in [6.07, 6.45) is 2.51. The molecule has 3 rings (SSSR count). The van der Waals surface area contributed by atoms with E-state index in [1.165, 1.54) is 29.1 Å². The zero-order valence-electron chi connectivity index (χ0n) is 10.9. The molecule has 106 valence electrons. The van der Waals surface area contributed by atoms with Crippen molar-refractivity contribution in [2.45, 2.75) is 32.0 Å². The minimum absolute atomic E-state index is 0.322. The minimum atomic E-state index is -0.322. The summed E-state index contributed by atoms with van der Waals surface area (Å²) < 4.78 is 0. The van der Waals surface area contributed by atoms with Crippen molar-refractivity contribution in [3.8, 4) is 0 Å². The van der Waals surface area contributed by atoms with Crippen molar-refractivity contribution in [1.29, 1.82) is 0 Å². The first kappa shape index (κ1) is 13.7. The zero-order chi connectivity index (χ0) is 13.9. The van der Waals surface area contributed by atoms with E-state index in [4.69, 9.17) is 5.84 Å². The van der Waals surface area contributed by atoms with Gasteiger partial charge >= 0.3 is 0 Å². The molecule has 2 heterocycles. The first-order valence-corrected chi connectivity index (χ1v) is 8.24. The summed E-state index contributed by atoms with van der Waals surface area (Å²) in [4.78, 5) is 19.6. The van der Waals surface area contributed by atoms with Gasteiger partial charge in [-0.15, -0.1) is 22.7 Å². The van der Waals surface area contributed by atoms with E-state index in [0.29, 0.717) is 11.0 Å². The summed E-state index contributed by atoms with van der Waals surface area (Å²) in [5.41, 5.74) is 3.06. The molecule has 1 amide bonds. The maximum Gasteiger partial charge on any atom is 0.294 e. The molecule has 7 heteroatoms. The Morgan fingerprint density at radius 2 is 2.30 bits per heavy atom. The molecule has 0 aliphatic heterocycles. The number of carbonyl (C=O) groups is 1. The lowest BCUT2D eigenvalue weighted by molar-refractivity contribution is 0.0953. The third-order valence-corrected chi connectivity index (χ3v) is 5.00. The van der Waals surface area contributed by atoms with Crippen molar-refractivity contribution in [2.75, 3.05) is 0 Å². The number of hydrogen-bond acceptors (Lipinski definition) is 6. The van der Waals surface area contributed by atoms with Gasteiger partial charge in [-0.2, -0.15) is 0 Å². The largest absolute Gasteiger partial charge is 0.294 e. The zero-order valence-corrected chi connectivity index (χ0v) is 12.5. The predicted octanol–water partition coefficient (Wildman–Crippen LogP) is 1.97. The molecule has 0 atom stereocenters. The molecule has 0 spiro atoms. The number of nitrogens with two attached hydrogens (primary N) is 1. The number of nitrogen functional groups attached to an aromatic ring is 1.